The van der Waals surface area contributed by atoms with Crippen LogP contribution in [0.1, 0.15) is 30.0 Å². The average Bonchev–Trinajstić information content (AvgIpc) is 2.18. The molecule has 0 bridgehead atoms. The molecule has 0 heterocycles. The van der Waals surface area contributed by atoms with Gasteiger partial charge in [-0.25, -0.2) is 0 Å². The molecule has 1 aromatic carbocycles. The Morgan fingerprint density at radius 2 is 2.21 bits per heavy atom. The number of aromatic hydroxyl groups is 1. The predicted molar refractivity (Wildman–Crippen MR) is 55.2 cm³/mol. The largest absolute Gasteiger partial charge is 0.508 e. The van der Waals surface area contributed by atoms with Gasteiger partial charge in [-0.1, -0.05) is 13.0 Å². The number of aliphatic hydroxyl groups excluding tert-OH is 1. The van der Waals surface area contributed by atoms with Gasteiger partial charge in [-0.3, -0.25) is 0 Å². The molecule has 1 atom stereocenters. The molecular weight excluding hydrogens is 176 g/mol. The zero-order valence-electron chi connectivity index (χ0n) is 8.45. The van der Waals surface area contributed by atoms with Crippen molar-refractivity contribution >= 4 is 0 Å². The Balaban J connectivity index is 2.47. The van der Waals surface area contributed by atoms with Crippen LogP contribution in [0.15, 0.2) is 12.1 Å². The van der Waals surface area contributed by atoms with E-state index in [0.717, 1.165) is 30.7 Å². The summed E-state index contributed by atoms with van der Waals surface area (Å²) < 4.78 is 0. The van der Waals surface area contributed by atoms with Crippen LogP contribution in [0.3, 0.4) is 0 Å². The highest BCUT2D eigenvalue weighted by molar-refractivity contribution is 5.45. The zero-order valence-corrected chi connectivity index (χ0v) is 8.45. The van der Waals surface area contributed by atoms with E-state index < -0.39 is 0 Å². The van der Waals surface area contributed by atoms with Gasteiger partial charge in [0, 0.05) is 5.56 Å². The first-order valence-electron chi connectivity index (χ1n) is 5.16. The first kappa shape index (κ1) is 9.53. The van der Waals surface area contributed by atoms with Gasteiger partial charge in [0.2, 0.25) is 0 Å². The fourth-order valence-corrected chi connectivity index (χ4v) is 2.28. The maximum atomic E-state index is 9.57. The van der Waals surface area contributed by atoms with E-state index in [-0.39, 0.29) is 12.4 Å². The zero-order chi connectivity index (χ0) is 10.1. The van der Waals surface area contributed by atoms with E-state index in [1.54, 1.807) is 6.07 Å². The minimum Gasteiger partial charge on any atom is -0.508 e. The second kappa shape index (κ2) is 3.62. The van der Waals surface area contributed by atoms with Gasteiger partial charge in [-0.2, -0.15) is 0 Å². The first-order valence-corrected chi connectivity index (χ1v) is 5.16. The Labute approximate surface area is 84.2 Å². The molecule has 1 aliphatic carbocycles. The van der Waals surface area contributed by atoms with Crippen molar-refractivity contribution in [1.82, 2.24) is 0 Å². The van der Waals surface area contributed by atoms with Crippen LogP contribution in [0, 0.1) is 5.92 Å². The van der Waals surface area contributed by atoms with Gasteiger partial charge in [0.05, 0.1) is 6.61 Å². The van der Waals surface area contributed by atoms with Crippen molar-refractivity contribution in [1.29, 1.82) is 0 Å². The lowest BCUT2D eigenvalue weighted by atomic mass is 9.82. The van der Waals surface area contributed by atoms with Crippen molar-refractivity contribution in [3.05, 3.63) is 28.8 Å². The fourth-order valence-electron chi connectivity index (χ4n) is 2.28. The average molecular weight is 192 g/mol. The van der Waals surface area contributed by atoms with Crippen LogP contribution >= 0.6 is 0 Å². The fraction of sp³-hybridized carbons (Fsp3) is 0.500. The summed E-state index contributed by atoms with van der Waals surface area (Å²) in [4.78, 5) is 0. The maximum Gasteiger partial charge on any atom is 0.121 e. The standard InChI is InChI=1S/C12H16O2/c1-8-2-4-10-9(6-8)3-5-12(14)11(10)7-13/h3,5,8,13-14H,2,4,6-7H2,1H3. The monoisotopic (exact) mass is 192 g/mol. The first-order chi connectivity index (χ1) is 6.72. The summed E-state index contributed by atoms with van der Waals surface area (Å²) in [5.41, 5.74) is 3.20. The predicted octanol–water partition coefficient (Wildman–Crippen LogP) is 2.01. The number of hydrogen-bond acceptors (Lipinski definition) is 2. The summed E-state index contributed by atoms with van der Waals surface area (Å²) >= 11 is 0. The molecule has 0 saturated heterocycles. The Hall–Kier alpha value is -1.02. The SMILES string of the molecule is CC1CCc2c(ccc(O)c2CO)C1. The van der Waals surface area contributed by atoms with Gasteiger partial charge in [0.1, 0.15) is 5.75 Å². The molecule has 0 aliphatic heterocycles. The number of hydrogen-bond donors (Lipinski definition) is 2. The highest BCUT2D eigenvalue weighted by atomic mass is 16.3. The summed E-state index contributed by atoms with van der Waals surface area (Å²) in [6.45, 7) is 2.19. The quantitative estimate of drug-likeness (QED) is 0.714. The van der Waals surface area contributed by atoms with Gasteiger partial charge in [0.25, 0.3) is 0 Å². The topological polar surface area (TPSA) is 40.5 Å². The van der Waals surface area contributed by atoms with E-state index in [4.69, 9.17) is 0 Å². The lowest BCUT2D eigenvalue weighted by Gasteiger charge is -2.23. The van der Waals surface area contributed by atoms with Crippen molar-refractivity contribution in [2.75, 3.05) is 0 Å². The minimum absolute atomic E-state index is 0.0522. The van der Waals surface area contributed by atoms with Crippen LogP contribution < -0.4 is 0 Å². The molecule has 0 spiro atoms. The lowest BCUT2D eigenvalue weighted by Crippen LogP contribution is -2.13. The number of fused-ring (bicyclic) bond motifs is 1. The smallest absolute Gasteiger partial charge is 0.121 e. The molecule has 2 rings (SSSR count). The Kier molecular flexibility index (Phi) is 2.46. The van der Waals surface area contributed by atoms with Crippen molar-refractivity contribution in [3.8, 4) is 5.75 Å². The highest BCUT2D eigenvalue weighted by Crippen LogP contribution is 2.32. The highest BCUT2D eigenvalue weighted by Gasteiger charge is 2.19. The molecule has 0 radical (unpaired) electrons. The Morgan fingerprint density at radius 1 is 1.43 bits per heavy atom. The van der Waals surface area contributed by atoms with Crippen LogP contribution in [0.25, 0.3) is 0 Å². The van der Waals surface area contributed by atoms with Gasteiger partial charge in [-0.15, -0.1) is 0 Å². The van der Waals surface area contributed by atoms with Gasteiger partial charge < -0.3 is 10.2 Å². The number of phenols is 1. The van der Waals surface area contributed by atoms with Gasteiger partial charge in [-0.05, 0) is 42.4 Å². The van der Waals surface area contributed by atoms with E-state index >= 15 is 0 Å². The van der Waals surface area contributed by atoms with Gasteiger partial charge >= 0.3 is 0 Å². The van der Waals surface area contributed by atoms with E-state index in [1.807, 2.05) is 6.07 Å². The van der Waals surface area contributed by atoms with Crippen LogP contribution in [-0.4, -0.2) is 10.2 Å². The third-order valence-corrected chi connectivity index (χ3v) is 3.12. The molecule has 1 unspecified atom stereocenters. The Bertz CT molecular complexity index is 344. The summed E-state index contributed by atoms with van der Waals surface area (Å²) in [5, 5.41) is 18.8. The summed E-state index contributed by atoms with van der Waals surface area (Å²) in [6, 6.07) is 3.68. The number of benzene rings is 1. The molecule has 1 aromatic rings. The molecule has 76 valence electrons. The lowest BCUT2D eigenvalue weighted by molar-refractivity contribution is 0.273. The van der Waals surface area contributed by atoms with Crippen molar-refractivity contribution < 1.29 is 10.2 Å². The molecule has 2 N–H and O–H groups in total. The third-order valence-electron chi connectivity index (χ3n) is 3.12. The molecule has 2 nitrogen and oxygen atoms in total. The minimum atomic E-state index is -0.0522. The van der Waals surface area contributed by atoms with E-state index in [0.29, 0.717) is 0 Å². The van der Waals surface area contributed by atoms with Gasteiger partial charge in [0.15, 0.2) is 0 Å². The molecule has 0 aromatic heterocycles. The van der Waals surface area contributed by atoms with Crippen molar-refractivity contribution in [3.63, 3.8) is 0 Å². The second-order valence-electron chi connectivity index (χ2n) is 4.21. The maximum absolute atomic E-state index is 9.57. The second-order valence-corrected chi connectivity index (χ2v) is 4.21. The van der Waals surface area contributed by atoms with Crippen molar-refractivity contribution in [2.45, 2.75) is 32.8 Å². The Morgan fingerprint density at radius 3 is 2.93 bits per heavy atom. The van der Waals surface area contributed by atoms with Crippen LogP contribution in [0.2, 0.25) is 0 Å². The van der Waals surface area contributed by atoms with E-state index in [9.17, 15) is 10.2 Å². The summed E-state index contributed by atoms with van der Waals surface area (Å²) in [7, 11) is 0. The summed E-state index contributed by atoms with van der Waals surface area (Å²) in [5.74, 6) is 0.958. The van der Waals surface area contributed by atoms with Crippen molar-refractivity contribution in [2.24, 2.45) is 5.92 Å². The molecule has 1 aliphatic rings. The normalized spacial score (nSPS) is 20.6. The van der Waals surface area contributed by atoms with E-state index in [2.05, 4.69) is 6.92 Å². The van der Waals surface area contributed by atoms with E-state index in [1.165, 1.54) is 11.1 Å². The molecule has 0 saturated carbocycles. The van der Waals surface area contributed by atoms with Crippen LogP contribution in [0.4, 0.5) is 0 Å². The summed E-state index contributed by atoms with van der Waals surface area (Å²) in [6.07, 6.45) is 3.22. The van der Waals surface area contributed by atoms with Crippen LogP contribution in [0.5, 0.6) is 5.75 Å². The molecule has 0 amide bonds. The van der Waals surface area contributed by atoms with Crippen LogP contribution in [-0.2, 0) is 19.4 Å². The molecular formula is C12H16O2. The number of aliphatic hydroxyl groups is 1. The molecule has 2 heteroatoms. The number of rotatable bonds is 1. The molecule has 14 heavy (non-hydrogen) atoms. The molecule has 0 fully saturated rings. The third kappa shape index (κ3) is 1.50.